The molecule has 1 aromatic rings. The number of ether oxygens (including phenoxy) is 1. The zero-order chi connectivity index (χ0) is 11.1. The molecule has 0 aliphatic heterocycles. The standard InChI is InChI=1S/C12H11NO2/c1-2-12(14)15-8-7-10-3-5-11(9-13)6-4-10/h2-6H,1,7-8H2. The number of hydrogen-bond donors (Lipinski definition) is 0. The molecule has 0 heterocycles. The van der Waals surface area contributed by atoms with Gasteiger partial charge >= 0.3 is 5.97 Å². The molecule has 0 fully saturated rings. The molecule has 0 unspecified atom stereocenters. The zero-order valence-electron chi connectivity index (χ0n) is 8.27. The first-order valence-corrected chi connectivity index (χ1v) is 4.54. The molecule has 15 heavy (non-hydrogen) atoms. The summed E-state index contributed by atoms with van der Waals surface area (Å²) in [5, 5.41) is 8.58. The van der Waals surface area contributed by atoms with E-state index in [4.69, 9.17) is 10.00 Å². The van der Waals surface area contributed by atoms with E-state index in [0.29, 0.717) is 18.6 Å². The van der Waals surface area contributed by atoms with Gasteiger partial charge in [-0.3, -0.25) is 0 Å². The van der Waals surface area contributed by atoms with Gasteiger partial charge in [0, 0.05) is 12.5 Å². The number of nitrogens with zero attached hydrogens (tertiary/aromatic N) is 1. The van der Waals surface area contributed by atoms with Crippen molar-refractivity contribution in [1.29, 1.82) is 5.26 Å². The summed E-state index contributed by atoms with van der Waals surface area (Å²) < 4.78 is 4.83. The maximum absolute atomic E-state index is 10.7. The molecule has 1 rings (SSSR count). The van der Waals surface area contributed by atoms with Crippen LogP contribution in [-0.4, -0.2) is 12.6 Å². The number of carbonyl (C=O) groups is 1. The first-order valence-electron chi connectivity index (χ1n) is 4.54. The molecule has 3 nitrogen and oxygen atoms in total. The minimum absolute atomic E-state index is 0.330. The van der Waals surface area contributed by atoms with Crippen molar-refractivity contribution in [3.05, 3.63) is 48.0 Å². The number of nitriles is 1. The minimum atomic E-state index is -0.413. The lowest BCUT2D eigenvalue weighted by atomic mass is 10.1. The second-order valence-corrected chi connectivity index (χ2v) is 2.93. The smallest absolute Gasteiger partial charge is 0.330 e. The third kappa shape index (κ3) is 3.65. The van der Waals surface area contributed by atoms with Gasteiger partial charge in [0.2, 0.25) is 0 Å². The van der Waals surface area contributed by atoms with Crippen LogP contribution < -0.4 is 0 Å². The van der Waals surface area contributed by atoms with Crippen LogP contribution in [0.25, 0.3) is 0 Å². The zero-order valence-corrected chi connectivity index (χ0v) is 8.27. The Balaban J connectivity index is 2.42. The molecular formula is C12H11NO2. The SMILES string of the molecule is C=CC(=O)OCCc1ccc(C#N)cc1. The van der Waals surface area contributed by atoms with Gasteiger partial charge in [0.05, 0.1) is 18.2 Å². The first-order chi connectivity index (χ1) is 7.26. The Morgan fingerprint density at radius 1 is 1.47 bits per heavy atom. The maximum Gasteiger partial charge on any atom is 0.330 e. The molecule has 0 amide bonds. The lowest BCUT2D eigenvalue weighted by Gasteiger charge is -2.02. The largest absolute Gasteiger partial charge is 0.462 e. The predicted molar refractivity (Wildman–Crippen MR) is 56.0 cm³/mol. The van der Waals surface area contributed by atoms with Crippen molar-refractivity contribution in [1.82, 2.24) is 0 Å². The van der Waals surface area contributed by atoms with Crippen molar-refractivity contribution < 1.29 is 9.53 Å². The number of esters is 1. The second-order valence-electron chi connectivity index (χ2n) is 2.93. The first kappa shape index (κ1) is 11.0. The van der Waals surface area contributed by atoms with Crippen LogP contribution in [-0.2, 0) is 16.0 Å². The Morgan fingerprint density at radius 2 is 2.13 bits per heavy atom. The van der Waals surface area contributed by atoms with Crippen LogP contribution in [0.1, 0.15) is 11.1 Å². The van der Waals surface area contributed by atoms with Crippen molar-refractivity contribution in [2.75, 3.05) is 6.61 Å². The van der Waals surface area contributed by atoms with E-state index < -0.39 is 5.97 Å². The molecule has 1 aromatic carbocycles. The van der Waals surface area contributed by atoms with Gasteiger partial charge in [-0.25, -0.2) is 4.79 Å². The quantitative estimate of drug-likeness (QED) is 0.551. The Kier molecular flexibility index (Phi) is 4.11. The van der Waals surface area contributed by atoms with Gasteiger partial charge in [0.1, 0.15) is 0 Å². The number of hydrogen-bond acceptors (Lipinski definition) is 3. The van der Waals surface area contributed by atoms with Crippen LogP contribution in [0.4, 0.5) is 0 Å². The monoisotopic (exact) mass is 201 g/mol. The number of benzene rings is 1. The van der Waals surface area contributed by atoms with E-state index in [2.05, 4.69) is 6.58 Å². The van der Waals surface area contributed by atoms with Gasteiger partial charge in [-0.15, -0.1) is 0 Å². The number of rotatable bonds is 4. The van der Waals surface area contributed by atoms with Crippen LogP contribution in [0.3, 0.4) is 0 Å². The minimum Gasteiger partial charge on any atom is -0.462 e. The van der Waals surface area contributed by atoms with Gasteiger partial charge in [-0.1, -0.05) is 18.7 Å². The van der Waals surface area contributed by atoms with Gasteiger partial charge < -0.3 is 4.74 Å². The van der Waals surface area contributed by atoms with Crippen molar-refractivity contribution >= 4 is 5.97 Å². The van der Waals surface area contributed by atoms with Crippen LogP contribution in [0.5, 0.6) is 0 Å². The fraction of sp³-hybridized carbons (Fsp3) is 0.167. The van der Waals surface area contributed by atoms with Crippen LogP contribution in [0, 0.1) is 11.3 Å². The average molecular weight is 201 g/mol. The van der Waals surface area contributed by atoms with E-state index in [-0.39, 0.29) is 0 Å². The maximum atomic E-state index is 10.7. The molecule has 0 saturated carbocycles. The lowest BCUT2D eigenvalue weighted by Crippen LogP contribution is -2.04. The normalized spacial score (nSPS) is 9.00. The van der Waals surface area contributed by atoms with Gasteiger partial charge in [0.15, 0.2) is 0 Å². The van der Waals surface area contributed by atoms with Crippen molar-refractivity contribution in [2.45, 2.75) is 6.42 Å². The van der Waals surface area contributed by atoms with Gasteiger partial charge in [-0.2, -0.15) is 5.26 Å². The van der Waals surface area contributed by atoms with E-state index in [0.717, 1.165) is 11.6 Å². The molecular weight excluding hydrogens is 190 g/mol. The van der Waals surface area contributed by atoms with E-state index in [1.165, 1.54) is 0 Å². The lowest BCUT2D eigenvalue weighted by molar-refractivity contribution is -0.137. The highest BCUT2D eigenvalue weighted by atomic mass is 16.5. The molecule has 0 bridgehead atoms. The highest BCUT2D eigenvalue weighted by molar-refractivity contribution is 5.81. The summed E-state index contributed by atoms with van der Waals surface area (Å²) >= 11 is 0. The van der Waals surface area contributed by atoms with Crippen LogP contribution in [0.15, 0.2) is 36.9 Å². The molecule has 0 saturated heterocycles. The van der Waals surface area contributed by atoms with Crippen molar-refractivity contribution in [3.8, 4) is 6.07 Å². The Morgan fingerprint density at radius 3 is 2.67 bits per heavy atom. The molecule has 76 valence electrons. The third-order valence-electron chi connectivity index (χ3n) is 1.88. The number of carbonyl (C=O) groups excluding carboxylic acids is 1. The van der Waals surface area contributed by atoms with Gasteiger partial charge in [-0.05, 0) is 17.7 Å². The van der Waals surface area contributed by atoms with E-state index in [9.17, 15) is 4.79 Å². The summed E-state index contributed by atoms with van der Waals surface area (Å²) in [6, 6.07) is 9.22. The summed E-state index contributed by atoms with van der Waals surface area (Å²) in [5.74, 6) is -0.413. The predicted octanol–water partition coefficient (Wildman–Crippen LogP) is 1.83. The second kappa shape index (κ2) is 5.61. The summed E-state index contributed by atoms with van der Waals surface area (Å²) in [6.45, 7) is 3.63. The third-order valence-corrected chi connectivity index (χ3v) is 1.88. The molecule has 0 N–H and O–H groups in total. The summed E-state index contributed by atoms with van der Waals surface area (Å²) in [7, 11) is 0. The molecule has 3 heteroatoms. The van der Waals surface area contributed by atoms with E-state index in [1.807, 2.05) is 18.2 Å². The Hall–Kier alpha value is -2.08. The summed E-state index contributed by atoms with van der Waals surface area (Å²) in [4.78, 5) is 10.7. The molecule has 0 spiro atoms. The Labute approximate surface area is 88.6 Å². The molecule has 0 atom stereocenters. The molecule has 0 aliphatic carbocycles. The molecule has 0 aliphatic rings. The molecule has 0 aromatic heterocycles. The van der Waals surface area contributed by atoms with E-state index in [1.54, 1.807) is 12.1 Å². The van der Waals surface area contributed by atoms with Crippen molar-refractivity contribution in [2.24, 2.45) is 0 Å². The highest BCUT2D eigenvalue weighted by Gasteiger charge is 1.97. The highest BCUT2D eigenvalue weighted by Crippen LogP contribution is 2.04. The summed E-state index contributed by atoms with van der Waals surface area (Å²) in [5.41, 5.74) is 1.66. The Bertz CT molecular complexity index is 387. The van der Waals surface area contributed by atoms with Crippen LogP contribution >= 0.6 is 0 Å². The topological polar surface area (TPSA) is 50.1 Å². The van der Waals surface area contributed by atoms with Crippen molar-refractivity contribution in [3.63, 3.8) is 0 Å². The fourth-order valence-corrected chi connectivity index (χ4v) is 1.07. The fourth-order valence-electron chi connectivity index (χ4n) is 1.07. The van der Waals surface area contributed by atoms with Gasteiger partial charge in [0.25, 0.3) is 0 Å². The summed E-state index contributed by atoms with van der Waals surface area (Å²) in [6.07, 6.45) is 1.78. The average Bonchev–Trinajstić information content (AvgIpc) is 2.29. The molecule has 0 radical (unpaired) electrons. The van der Waals surface area contributed by atoms with E-state index >= 15 is 0 Å². The van der Waals surface area contributed by atoms with Crippen LogP contribution in [0.2, 0.25) is 0 Å².